The van der Waals surface area contributed by atoms with E-state index in [4.69, 9.17) is 9.47 Å². The molecule has 0 atom stereocenters. The molecule has 0 fully saturated rings. The molecule has 1 N–H and O–H groups in total. The molecule has 7 nitrogen and oxygen atoms in total. The first-order chi connectivity index (χ1) is 11.9. The largest absolute Gasteiger partial charge is 0.492 e. The molecular formula is C18H20N2O5. The van der Waals surface area contributed by atoms with Gasteiger partial charge in [0.15, 0.2) is 6.61 Å². The van der Waals surface area contributed by atoms with Crippen molar-refractivity contribution in [2.45, 2.75) is 13.8 Å². The number of aryl methyl sites for hydroxylation is 2. The van der Waals surface area contributed by atoms with Gasteiger partial charge in [0.25, 0.3) is 11.6 Å². The van der Waals surface area contributed by atoms with E-state index in [-0.39, 0.29) is 18.2 Å². The molecule has 2 aromatic rings. The highest BCUT2D eigenvalue weighted by Crippen LogP contribution is 2.17. The van der Waals surface area contributed by atoms with Gasteiger partial charge in [-0.25, -0.2) is 0 Å². The zero-order valence-corrected chi connectivity index (χ0v) is 14.2. The Balaban J connectivity index is 1.67. The fourth-order valence-corrected chi connectivity index (χ4v) is 2.24. The van der Waals surface area contributed by atoms with Crippen LogP contribution < -0.4 is 14.8 Å². The summed E-state index contributed by atoms with van der Waals surface area (Å²) >= 11 is 0. The number of hydrogen-bond acceptors (Lipinski definition) is 5. The maximum absolute atomic E-state index is 11.7. The van der Waals surface area contributed by atoms with E-state index in [1.807, 2.05) is 26.0 Å². The van der Waals surface area contributed by atoms with Crippen molar-refractivity contribution >= 4 is 11.6 Å². The Labute approximate surface area is 145 Å². The van der Waals surface area contributed by atoms with Gasteiger partial charge in [0.2, 0.25) is 0 Å². The predicted molar refractivity (Wildman–Crippen MR) is 93.0 cm³/mol. The van der Waals surface area contributed by atoms with Gasteiger partial charge >= 0.3 is 0 Å². The number of carbonyl (C=O) groups is 1. The van der Waals surface area contributed by atoms with Gasteiger partial charge in [-0.15, -0.1) is 0 Å². The highest BCUT2D eigenvalue weighted by molar-refractivity contribution is 5.77. The molecule has 0 aliphatic rings. The number of nitrogens with zero attached hydrogens (tertiary/aromatic N) is 1. The van der Waals surface area contributed by atoms with Gasteiger partial charge in [0.05, 0.1) is 11.5 Å². The summed E-state index contributed by atoms with van der Waals surface area (Å²) < 4.78 is 10.9. The van der Waals surface area contributed by atoms with E-state index in [1.165, 1.54) is 24.3 Å². The fourth-order valence-electron chi connectivity index (χ4n) is 2.24. The van der Waals surface area contributed by atoms with Gasteiger partial charge in [-0.05, 0) is 49.2 Å². The monoisotopic (exact) mass is 344 g/mol. The summed E-state index contributed by atoms with van der Waals surface area (Å²) in [7, 11) is 0. The molecule has 132 valence electrons. The molecule has 2 aromatic carbocycles. The van der Waals surface area contributed by atoms with Crippen LogP contribution in [0.25, 0.3) is 0 Å². The summed E-state index contributed by atoms with van der Waals surface area (Å²) in [6, 6.07) is 11.5. The quantitative estimate of drug-likeness (QED) is 0.452. The van der Waals surface area contributed by atoms with Crippen LogP contribution in [0.15, 0.2) is 42.5 Å². The first kappa shape index (κ1) is 18.3. The summed E-state index contributed by atoms with van der Waals surface area (Å²) in [5, 5.41) is 13.2. The average Bonchev–Trinajstić information content (AvgIpc) is 2.56. The van der Waals surface area contributed by atoms with Crippen molar-refractivity contribution in [3.05, 3.63) is 63.7 Å². The van der Waals surface area contributed by atoms with Gasteiger partial charge in [0, 0.05) is 12.1 Å². The van der Waals surface area contributed by atoms with Crippen LogP contribution in [-0.4, -0.2) is 30.6 Å². The molecule has 25 heavy (non-hydrogen) atoms. The second-order valence-electron chi connectivity index (χ2n) is 5.56. The molecule has 2 rings (SSSR count). The van der Waals surface area contributed by atoms with Crippen molar-refractivity contribution in [1.82, 2.24) is 5.32 Å². The van der Waals surface area contributed by atoms with Crippen molar-refractivity contribution in [3.63, 3.8) is 0 Å². The number of carbonyl (C=O) groups excluding carboxylic acids is 1. The molecule has 0 heterocycles. The number of non-ortho nitro benzene ring substituents is 1. The van der Waals surface area contributed by atoms with Crippen molar-refractivity contribution in [2.75, 3.05) is 19.8 Å². The van der Waals surface area contributed by atoms with Crippen molar-refractivity contribution in [1.29, 1.82) is 0 Å². The van der Waals surface area contributed by atoms with E-state index in [9.17, 15) is 14.9 Å². The second-order valence-corrected chi connectivity index (χ2v) is 5.56. The zero-order valence-electron chi connectivity index (χ0n) is 14.2. The standard InChI is InChI=1S/C18H20N2O5/c1-13-9-14(2)11-17(10-13)24-8-7-19-18(21)12-25-16-5-3-15(4-6-16)20(22)23/h3-6,9-11H,7-8,12H2,1-2H3,(H,19,21). The van der Waals surface area contributed by atoms with Crippen LogP contribution in [0.4, 0.5) is 5.69 Å². The van der Waals surface area contributed by atoms with E-state index >= 15 is 0 Å². The molecule has 7 heteroatoms. The second kappa shape index (κ2) is 8.68. The normalized spacial score (nSPS) is 10.2. The summed E-state index contributed by atoms with van der Waals surface area (Å²) in [4.78, 5) is 21.8. The molecule has 0 spiro atoms. The molecule has 1 amide bonds. The first-order valence-corrected chi connectivity index (χ1v) is 7.79. The number of hydrogen-bond donors (Lipinski definition) is 1. The van der Waals surface area contributed by atoms with E-state index in [2.05, 4.69) is 11.4 Å². The highest BCUT2D eigenvalue weighted by Gasteiger charge is 2.06. The maximum atomic E-state index is 11.7. The Kier molecular flexibility index (Phi) is 6.33. The lowest BCUT2D eigenvalue weighted by Gasteiger charge is -2.10. The SMILES string of the molecule is Cc1cc(C)cc(OCCNC(=O)COc2ccc([N+](=O)[O-])cc2)c1. The minimum atomic E-state index is -0.494. The summed E-state index contributed by atoms with van der Waals surface area (Å²) in [6.07, 6.45) is 0. The van der Waals surface area contributed by atoms with Gasteiger partial charge in [-0.3, -0.25) is 14.9 Å². The van der Waals surface area contributed by atoms with Crippen LogP contribution in [0.2, 0.25) is 0 Å². The number of benzene rings is 2. The van der Waals surface area contributed by atoms with Gasteiger partial charge < -0.3 is 14.8 Å². The minimum Gasteiger partial charge on any atom is -0.492 e. The van der Waals surface area contributed by atoms with E-state index in [1.54, 1.807) is 0 Å². The highest BCUT2D eigenvalue weighted by atomic mass is 16.6. The van der Waals surface area contributed by atoms with Gasteiger partial charge in [-0.2, -0.15) is 0 Å². The third-order valence-corrected chi connectivity index (χ3v) is 3.31. The Morgan fingerprint density at radius 2 is 1.68 bits per heavy atom. The number of rotatable bonds is 8. The minimum absolute atomic E-state index is 0.0275. The lowest BCUT2D eigenvalue weighted by Crippen LogP contribution is -2.32. The lowest BCUT2D eigenvalue weighted by atomic mass is 10.1. The van der Waals surface area contributed by atoms with Crippen LogP contribution >= 0.6 is 0 Å². The van der Waals surface area contributed by atoms with E-state index in [0.29, 0.717) is 18.9 Å². The number of nitrogens with one attached hydrogen (secondary N) is 1. The Hall–Kier alpha value is -3.09. The number of ether oxygens (including phenoxy) is 2. The predicted octanol–water partition coefficient (Wildman–Crippen LogP) is 2.79. The Bertz CT molecular complexity index is 723. The molecule has 0 bridgehead atoms. The zero-order chi connectivity index (χ0) is 18.2. The molecule has 0 aromatic heterocycles. The van der Waals surface area contributed by atoms with Crippen molar-refractivity contribution < 1.29 is 19.2 Å². The fraction of sp³-hybridized carbons (Fsp3) is 0.278. The first-order valence-electron chi connectivity index (χ1n) is 7.79. The van der Waals surface area contributed by atoms with E-state index < -0.39 is 4.92 Å². The number of amides is 1. The van der Waals surface area contributed by atoms with Crippen LogP contribution in [-0.2, 0) is 4.79 Å². The summed E-state index contributed by atoms with van der Waals surface area (Å²) in [6.45, 7) is 4.54. The summed E-state index contributed by atoms with van der Waals surface area (Å²) in [5.41, 5.74) is 2.21. The van der Waals surface area contributed by atoms with Gasteiger partial charge in [0.1, 0.15) is 18.1 Å². The average molecular weight is 344 g/mol. The van der Waals surface area contributed by atoms with Crippen LogP contribution in [0.1, 0.15) is 11.1 Å². The van der Waals surface area contributed by atoms with E-state index in [0.717, 1.165) is 16.9 Å². The molecule has 0 saturated carbocycles. The van der Waals surface area contributed by atoms with Crippen molar-refractivity contribution in [3.8, 4) is 11.5 Å². The van der Waals surface area contributed by atoms with Crippen molar-refractivity contribution in [2.24, 2.45) is 0 Å². The molecule has 0 radical (unpaired) electrons. The van der Waals surface area contributed by atoms with Crippen LogP contribution in [0, 0.1) is 24.0 Å². The molecule has 0 aliphatic carbocycles. The third kappa shape index (κ3) is 6.14. The molecule has 0 saturated heterocycles. The summed E-state index contributed by atoms with van der Waals surface area (Å²) in [5.74, 6) is 0.878. The van der Waals surface area contributed by atoms with Crippen LogP contribution in [0.3, 0.4) is 0 Å². The lowest BCUT2D eigenvalue weighted by molar-refractivity contribution is -0.384. The number of nitro benzene ring substituents is 1. The maximum Gasteiger partial charge on any atom is 0.269 e. The van der Waals surface area contributed by atoms with Gasteiger partial charge in [-0.1, -0.05) is 6.07 Å². The number of nitro groups is 1. The molecule has 0 unspecified atom stereocenters. The topological polar surface area (TPSA) is 90.7 Å². The Morgan fingerprint density at radius 3 is 2.28 bits per heavy atom. The Morgan fingerprint density at radius 1 is 1.04 bits per heavy atom. The smallest absolute Gasteiger partial charge is 0.269 e. The molecular weight excluding hydrogens is 324 g/mol. The molecule has 0 aliphatic heterocycles. The van der Waals surface area contributed by atoms with Crippen LogP contribution in [0.5, 0.6) is 11.5 Å². The third-order valence-electron chi connectivity index (χ3n) is 3.31.